The zero-order chi connectivity index (χ0) is 23.1. The number of anilines is 1. The Labute approximate surface area is 194 Å². The van der Waals surface area contributed by atoms with Gasteiger partial charge in [-0.25, -0.2) is 4.79 Å². The molecule has 10 heteroatoms. The van der Waals surface area contributed by atoms with E-state index in [1.54, 1.807) is 12.1 Å². The number of amides is 1. The summed E-state index contributed by atoms with van der Waals surface area (Å²) in [7, 11) is 1.31. The number of nitrogens with one attached hydrogen (secondary N) is 1. The van der Waals surface area contributed by atoms with Crippen molar-refractivity contribution in [3.05, 3.63) is 65.3 Å². The van der Waals surface area contributed by atoms with Gasteiger partial charge in [-0.05, 0) is 32.0 Å². The molecule has 0 aliphatic heterocycles. The minimum Gasteiger partial charge on any atom is -0.483 e. The maximum Gasteiger partial charge on any atom is 0.340 e. The number of aryl methyl sites for hydroxylation is 1. The number of aromatic nitrogens is 3. The molecule has 2 heterocycles. The van der Waals surface area contributed by atoms with Crippen LogP contribution < -0.4 is 10.1 Å². The molecule has 0 fully saturated rings. The maximum absolute atomic E-state index is 12.5. The van der Waals surface area contributed by atoms with E-state index in [0.29, 0.717) is 28.1 Å². The quantitative estimate of drug-likeness (QED) is 0.264. The van der Waals surface area contributed by atoms with E-state index >= 15 is 0 Å². The van der Waals surface area contributed by atoms with E-state index < -0.39 is 5.97 Å². The van der Waals surface area contributed by atoms with Crippen molar-refractivity contribution < 1.29 is 19.1 Å². The van der Waals surface area contributed by atoms with Gasteiger partial charge in [0.2, 0.25) is 5.91 Å². The Hall–Kier alpha value is -3.11. The highest BCUT2D eigenvalue weighted by Gasteiger charge is 2.21. The van der Waals surface area contributed by atoms with Gasteiger partial charge in [-0.1, -0.05) is 36.0 Å². The zero-order valence-corrected chi connectivity index (χ0v) is 19.7. The van der Waals surface area contributed by atoms with Gasteiger partial charge in [0.15, 0.2) is 17.1 Å². The Kier molecular flexibility index (Phi) is 8.07. The van der Waals surface area contributed by atoms with Crippen molar-refractivity contribution >= 4 is 40.0 Å². The Balaban J connectivity index is 1.68. The molecule has 0 saturated carbocycles. The van der Waals surface area contributed by atoms with Crippen LogP contribution in [0.15, 0.2) is 54.2 Å². The Morgan fingerprint density at radius 3 is 2.75 bits per heavy atom. The monoisotopic (exact) mass is 472 g/mol. The number of allylic oxidation sites excluding steroid dienone is 1. The lowest BCUT2D eigenvalue weighted by molar-refractivity contribution is -0.113. The SMILES string of the molecule is C=CCn1c(SCC(=O)Nc2sc(C)cc2C(=O)OC)nnc1C(C)Oc1ccccc1. The number of esters is 1. The van der Waals surface area contributed by atoms with Crippen molar-refractivity contribution in [3.8, 4) is 5.75 Å². The van der Waals surface area contributed by atoms with Crippen molar-refractivity contribution in [2.45, 2.75) is 31.7 Å². The standard InChI is InChI=1S/C22H24N4O4S2/c1-5-11-26-19(15(3)30-16-9-7-6-8-10-16)24-25-22(26)31-13-18(27)23-20-17(21(28)29-4)12-14(2)32-20/h5-10,12,15H,1,11,13H2,2-4H3,(H,23,27). The van der Waals surface area contributed by atoms with Crippen LogP contribution in [0, 0.1) is 6.92 Å². The summed E-state index contributed by atoms with van der Waals surface area (Å²) in [4.78, 5) is 25.3. The van der Waals surface area contributed by atoms with Gasteiger partial charge in [-0.2, -0.15) is 0 Å². The van der Waals surface area contributed by atoms with E-state index in [1.807, 2.05) is 48.7 Å². The summed E-state index contributed by atoms with van der Waals surface area (Å²) in [5, 5.41) is 12.3. The molecule has 0 bridgehead atoms. The average molecular weight is 473 g/mol. The topological polar surface area (TPSA) is 95.3 Å². The van der Waals surface area contributed by atoms with Crippen molar-refractivity contribution in [3.63, 3.8) is 0 Å². The first-order chi connectivity index (χ1) is 15.4. The van der Waals surface area contributed by atoms with Crippen LogP contribution in [0.2, 0.25) is 0 Å². The zero-order valence-electron chi connectivity index (χ0n) is 18.0. The molecule has 32 heavy (non-hydrogen) atoms. The van der Waals surface area contributed by atoms with Crippen LogP contribution in [0.5, 0.6) is 5.75 Å². The van der Waals surface area contributed by atoms with Crippen LogP contribution in [0.25, 0.3) is 0 Å². The lowest BCUT2D eigenvalue weighted by Crippen LogP contribution is -2.16. The predicted molar refractivity (Wildman–Crippen MR) is 125 cm³/mol. The molecule has 168 valence electrons. The number of methoxy groups -OCH3 is 1. The minimum atomic E-state index is -0.486. The van der Waals surface area contributed by atoms with Crippen molar-refractivity contribution in [1.29, 1.82) is 0 Å². The lowest BCUT2D eigenvalue weighted by Gasteiger charge is -2.15. The number of benzene rings is 1. The number of carbonyl (C=O) groups excluding carboxylic acids is 2. The second kappa shape index (κ2) is 11.0. The number of ether oxygens (including phenoxy) is 2. The molecule has 8 nitrogen and oxygen atoms in total. The number of thiophene rings is 1. The third-order valence-corrected chi connectivity index (χ3v) is 6.26. The van der Waals surface area contributed by atoms with E-state index in [-0.39, 0.29) is 17.8 Å². The van der Waals surface area contributed by atoms with Crippen molar-refractivity contribution in [2.24, 2.45) is 0 Å². The van der Waals surface area contributed by atoms with E-state index in [1.165, 1.54) is 30.2 Å². The van der Waals surface area contributed by atoms with Gasteiger partial charge in [0.1, 0.15) is 10.8 Å². The molecule has 0 spiro atoms. The molecule has 3 aromatic rings. The first kappa shape index (κ1) is 23.6. The van der Waals surface area contributed by atoms with E-state index in [4.69, 9.17) is 9.47 Å². The van der Waals surface area contributed by atoms with Crippen LogP contribution in [0.4, 0.5) is 5.00 Å². The molecule has 1 unspecified atom stereocenters. The summed E-state index contributed by atoms with van der Waals surface area (Å²) in [6.45, 7) is 8.03. The van der Waals surface area contributed by atoms with Gasteiger partial charge in [-0.15, -0.1) is 28.1 Å². The molecule has 3 rings (SSSR count). The molecule has 1 aromatic carbocycles. The summed E-state index contributed by atoms with van der Waals surface area (Å²) < 4.78 is 12.6. The highest BCUT2D eigenvalue weighted by molar-refractivity contribution is 7.99. The molecular formula is C22H24N4O4S2. The summed E-state index contributed by atoms with van der Waals surface area (Å²) in [6, 6.07) is 11.2. The molecule has 0 aliphatic carbocycles. The summed E-state index contributed by atoms with van der Waals surface area (Å²) in [5.74, 6) is 0.721. The molecule has 0 saturated heterocycles. The minimum absolute atomic E-state index is 0.0980. The van der Waals surface area contributed by atoms with Gasteiger partial charge in [-0.3, -0.25) is 9.36 Å². The Bertz CT molecular complexity index is 1090. The average Bonchev–Trinajstić information content (AvgIpc) is 3.35. The third-order valence-electron chi connectivity index (χ3n) is 4.32. The highest BCUT2D eigenvalue weighted by atomic mass is 32.2. The molecule has 1 amide bonds. The number of hydrogen-bond acceptors (Lipinski definition) is 8. The predicted octanol–water partition coefficient (Wildman–Crippen LogP) is 4.49. The third kappa shape index (κ3) is 5.77. The normalized spacial score (nSPS) is 11.6. The smallest absolute Gasteiger partial charge is 0.340 e. The fourth-order valence-electron chi connectivity index (χ4n) is 2.93. The second-order valence-corrected chi connectivity index (χ2v) is 8.94. The van der Waals surface area contributed by atoms with Crippen molar-refractivity contribution in [1.82, 2.24) is 14.8 Å². The summed E-state index contributed by atoms with van der Waals surface area (Å²) >= 11 is 2.57. The molecule has 2 aromatic heterocycles. The lowest BCUT2D eigenvalue weighted by atomic mass is 10.3. The van der Waals surface area contributed by atoms with E-state index in [0.717, 1.165) is 10.6 Å². The molecule has 0 radical (unpaired) electrons. The number of hydrogen-bond donors (Lipinski definition) is 1. The van der Waals surface area contributed by atoms with Gasteiger partial charge in [0.05, 0.1) is 18.4 Å². The first-order valence-electron chi connectivity index (χ1n) is 9.80. The van der Waals surface area contributed by atoms with E-state index in [9.17, 15) is 9.59 Å². The number of nitrogens with zero attached hydrogens (tertiary/aromatic N) is 3. The van der Waals surface area contributed by atoms with Crippen LogP contribution in [0.3, 0.4) is 0 Å². The van der Waals surface area contributed by atoms with Crippen LogP contribution in [0.1, 0.15) is 34.1 Å². The van der Waals surface area contributed by atoms with Gasteiger partial charge >= 0.3 is 5.97 Å². The molecule has 0 aliphatic rings. The fraction of sp³-hybridized carbons (Fsp3) is 0.273. The molecular weight excluding hydrogens is 448 g/mol. The second-order valence-electron chi connectivity index (χ2n) is 6.74. The maximum atomic E-state index is 12.5. The fourth-order valence-corrected chi connectivity index (χ4v) is 4.60. The number of para-hydroxylation sites is 1. The van der Waals surface area contributed by atoms with Crippen LogP contribution in [-0.2, 0) is 16.1 Å². The summed E-state index contributed by atoms with van der Waals surface area (Å²) in [6.07, 6.45) is 1.40. The van der Waals surface area contributed by atoms with Crippen LogP contribution in [-0.4, -0.2) is 39.5 Å². The number of rotatable bonds is 10. The molecule has 1 atom stereocenters. The number of carbonyl (C=O) groups is 2. The highest BCUT2D eigenvalue weighted by Crippen LogP contribution is 2.29. The Morgan fingerprint density at radius 1 is 1.31 bits per heavy atom. The largest absolute Gasteiger partial charge is 0.483 e. The first-order valence-corrected chi connectivity index (χ1v) is 11.6. The molecule has 1 N–H and O–H groups in total. The van der Waals surface area contributed by atoms with Gasteiger partial charge in [0, 0.05) is 11.4 Å². The number of thioether (sulfide) groups is 1. The van der Waals surface area contributed by atoms with E-state index in [2.05, 4.69) is 22.1 Å². The van der Waals surface area contributed by atoms with Gasteiger partial charge < -0.3 is 14.8 Å². The Morgan fingerprint density at radius 2 is 2.06 bits per heavy atom. The van der Waals surface area contributed by atoms with Crippen LogP contribution >= 0.6 is 23.1 Å². The summed E-state index contributed by atoms with van der Waals surface area (Å²) in [5.41, 5.74) is 0.345. The van der Waals surface area contributed by atoms with Crippen molar-refractivity contribution in [2.75, 3.05) is 18.2 Å². The van der Waals surface area contributed by atoms with Gasteiger partial charge in [0.25, 0.3) is 0 Å².